The Morgan fingerprint density at radius 3 is 2.45 bits per heavy atom. The number of hydrogen-bond acceptors (Lipinski definition) is 2. The van der Waals surface area contributed by atoms with Gasteiger partial charge in [0, 0.05) is 6.04 Å². The number of hydrogen-bond donors (Lipinski definition) is 1. The van der Waals surface area contributed by atoms with Crippen molar-refractivity contribution in [3.8, 4) is 5.75 Å². The molecular formula is C17H26ClNO. The zero-order valence-electron chi connectivity index (χ0n) is 12.2. The average molecular weight is 296 g/mol. The van der Waals surface area contributed by atoms with Gasteiger partial charge in [-0.25, -0.2) is 0 Å². The van der Waals surface area contributed by atoms with Gasteiger partial charge in [0.1, 0.15) is 5.75 Å². The minimum atomic E-state index is 0. The SMILES string of the molecule is Cl.Oc1cccc2c1CC(N1CCCCCCC1)CC2. The molecule has 0 radical (unpaired) electrons. The maximum Gasteiger partial charge on any atom is 0.119 e. The van der Waals surface area contributed by atoms with Crippen LogP contribution < -0.4 is 0 Å². The lowest BCUT2D eigenvalue weighted by Crippen LogP contribution is -2.41. The predicted molar refractivity (Wildman–Crippen MR) is 85.8 cm³/mol. The van der Waals surface area contributed by atoms with E-state index in [4.69, 9.17) is 0 Å². The Labute approximate surface area is 128 Å². The van der Waals surface area contributed by atoms with Crippen molar-refractivity contribution in [3.63, 3.8) is 0 Å². The second kappa shape index (κ2) is 7.33. The molecule has 3 heteroatoms. The Bertz CT molecular complexity index is 427. The number of phenols is 1. The van der Waals surface area contributed by atoms with Gasteiger partial charge in [0.15, 0.2) is 0 Å². The molecule has 1 aliphatic heterocycles. The lowest BCUT2D eigenvalue weighted by Gasteiger charge is -2.36. The van der Waals surface area contributed by atoms with Gasteiger partial charge in [-0.2, -0.15) is 0 Å². The summed E-state index contributed by atoms with van der Waals surface area (Å²) in [6.45, 7) is 2.52. The summed E-state index contributed by atoms with van der Waals surface area (Å²) in [5.41, 5.74) is 2.57. The maximum atomic E-state index is 10.1. The molecule has 1 fully saturated rings. The Kier molecular flexibility index (Phi) is 5.74. The summed E-state index contributed by atoms with van der Waals surface area (Å²) in [5.74, 6) is 0.509. The number of benzene rings is 1. The molecule has 1 heterocycles. The van der Waals surface area contributed by atoms with E-state index in [0.29, 0.717) is 11.8 Å². The Morgan fingerprint density at radius 1 is 1.00 bits per heavy atom. The van der Waals surface area contributed by atoms with Crippen molar-refractivity contribution in [2.45, 2.75) is 57.4 Å². The van der Waals surface area contributed by atoms with Crippen LogP contribution >= 0.6 is 12.4 Å². The number of fused-ring (bicyclic) bond motifs is 1. The van der Waals surface area contributed by atoms with Gasteiger partial charge >= 0.3 is 0 Å². The zero-order chi connectivity index (χ0) is 13.1. The fourth-order valence-corrected chi connectivity index (χ4v) is 3.70. The third-order valence-electron chi connectivity index (χ3n) is 4.84. The summed E-state index contributed by atoms with van der Waals surface area (Å²) in [5, 5.41) is 10.1. The fourth-order valence-electron chi connectivity index (χ4n) is 3.70. The highest BCUT2D eigenvalue weighted by Gasteiger charge is 2.25. The molecule has 1 aromatic rings. The third-order valence-corrected chi connectivity index (χ3v) is 4.84. The molecule has 1 aromatic carbocycles. The highest BCUT2D eigenvalue weighted by molar-refractivity contribution is 5.85. The summed E-state index contributed by atoms with van der Waals surface area (Å²) in [6.07, 6.45) is 10.3. The average Bonchev–Trinajstić information content (AvgIpc) is 2.39. The van der Waals surface area contributed by atoms with Crippen molar-refractivity contribution >= 4 is 12.4 Å². The van der Waals surface area contributed by atoms with Gasteiger partial charge < -0.3 is 10.0 Å². The van der Waals surface area contributed by atoms with E-state index < -0.39 is 0 Å². The summed E-state index contributed by atoms with van der Waals surface area (Å²) in [7, 11) is 0. The normalized spacial score (nSPS) is 24.1. The minimum absolute atomic E-state index is 0. The van der Waals surface area contributed by atoms with Crippen molar-refractivity contribution in [2.24, 2.45) is 0 Å². The molecule has 0 bridgehead atoms. The molecule has 0 amide bonds. The highest BCUT2D eigenvalue weighted by Crippen LogP contribution is 2.31. The molecule has 112 valence electrons. The second-order valence-corrected chi connectivity index (χ2v) is 6.12. The monoisotopic (exact) mass is 295 g/mol. The molecule has 2 nitrogen and oxygen atoms in total. The molecule has 20 heavy (non-hydrogen) atoms. The van der Waals surface area contributed by atoms with E-state index in [1.165, 1.54) is 62.7 Å². The van der Waals surface area contributed by atoms with Gasteiger partial charge in [0.2, 0.25) is 0 Å². The topological polar surface area (TPSA) is 23.5 Å². The Hall–Kier alpha value is -0.730. The number of likely N-dealkylation sites (tertiary alicyclic amines) is 1. The summed E-state index contributed by atoms with van der Waals surface area (Å²) < 4.78 is 0. The smallest absolute Gasteiger partial charge is 0.119 e. The van der Waals surface area contributed by atoms with Crippen LogP contribution in [0, 0.1) is 0 Å². The molecule has 1 atom stereocenters. The summed E-state index contributed by atoms with van der Waals surface area (Å²) in [4.78, 5) is 2.69. The van der Waals surface area contributed by atoms with Crippen molar-refractivity contribution in [3.05, 3.63) is 29.3 Å². The first kappa shape index (κ1) is 15.7. The molecule has 1 unspecified atom stereocenters. The van der Waals surface area contributed by atoms with E-state index >= 15 is 0 Å². The zero-order valence-corrected chi connectivity index (χ0v) is 13.0. The van der Waals surface area contributed by atoms with Crippen LogP contribution in [-0.2, 0) is 12.8 Å². The van der Waals surface area contributed by atoms with Crippen molar-refractivity contribution in [1.29, 1.82) is 0 Å². The van der Waals surface area contributed by atoms with Crippen molar-refractivity contribution in [2.75, 3.05) is 13.1 Å². The highest BCUT2D eigenvalue weighted by atomic mass is 35.5. The van der Waals surface area contributed by atoms with E-state index in [2.05, 4.69) is 11.0 Å². The Balaban J connectivity index is 0.00000147. The molecule has 0 aromatic heterocycles. The number of nitrogens with zero attached hydrogens (tertiary/aromatic N) is 1. The van der Waals surface area contributed by atoms with Gasteiger partial charge in [-0.05, 0) is 62.4 Å². The van der Waals surface area contributed by atoms with Crippen LogP contribution in [0.5, 0.6) is 5.75 Å². The number of aryl methyl sites for hydroxylation is 1. The van der Waals surface area contributed by atoms with Crippen LogP contribution in [0.4, 0.5) is 0 Å². The largest absolute Gasteiger partial charge is 0.508 e. The van der Waals surface area contributed by atoms with Gasteiger partial charge in [0.25, 0.3) is 0 Å². The van der Waals surface area contributed by atoms with E-state index in [9.17, 15) is 5.11 Å². The third kappa shape index (κ3) is 3.48. The quantitative estimate of drug-likeness (QED) is 0.848. The first-order chi connectivity index (χ1) is 9.34. The molecule has 1 aliphatic carbocycles. The van der Waals surface area contributed by atoms with Crippen LogP contribution in [0.1, 0.15) is 49.7 Å². The number of aromatic hydroxyl groups is 1. The molecule has 1 N–H and O–H groups in total. The molecule has 0 saturated carbocycles. The summed E-state index contributed by atoms with van der Waals surface area (Å²) >= 11 is 0. The lowest BCUT2D eigenvalue weighted by molar-refractivity contribution is 0.163. The van der Waals surface area contributed by atoms with E-state index in [-0.39, 0.29) is 12.4 Å². The van der Waals surface area contributed by atoms with E-state index in [0.717, 1.165) is 12.8 Å². The van der Waals surface area contributed by atoms with Gasteiger partial charge in [0.05, 0.1) is 0 Å². The first-order valence-corrected chi connectivity index (χ1v) is 7.88. The predicted octanol–water partition coefficient (Wildman–Crippen LogP) is 3.94. The van der Waals surface area contributed by atoms with Crippen LogP contribution in [0.3, 0.4) is 0 Å². The lowest BCUT2D eigenvalue weighted by atomic mass is 9.86. The van der Waals surface area contributed by atoms with Crippen molar-refractivity contribution in [1.82, 2.24) is 4.90 Å². The first-order valence-electron chi connectivity index (χ1n) is 7.88. The van der Waals surface area contributed by atoms with Crippen molar-refractivity contribution < 1.29 is 5.11 Å². The molecule has 1 saturated heterocycles. The molecule has 2 aliphatic rings. The number of halogens is 1. The summed E-state index contributed by atoms with van der Waals surface area (Å²) in [6, 6.07) is 6.65. The van der Waals surface area contributed by atoms with Crippen LogP contribution in [0.15, 0.2) is 18.2 Å². The van der Waals surface area contributed by atoms with E-state index in [1.807, 2.05) is 12.1 Å². The minimum Gasteiger partial charge on any atom is -0.508 e. The van der Waals surface area contributed by atoms with Gasteiger partial charge in [-0.3, -0.25) is 0 Å². The number of phenolic OH excluding ortho intramolecular Hbond substituents is 1. The van der Waals surface area contributed by atoms with Gasteiger partial charge in [-0.1, -0.05) is 31.4 Å². The van der Waals surface area contributed by atoms with Crippen LogP contribution in [0.25, 0.3) is 0 Å². The van der Waals surface area contributed by atoms with E-state index in [1.54, 1.807) is 0 Å². The molecular weight excluding hydrogens is 270 g/mol. The fraction of sp³-hybridized carbons (Fsp3) is 0.647. The Morgan fingerprint density at radius 2 is 1.70 bits per heavy atom. The van der Waals surface area contributed by atoms with Crippen LogP contribution in [0.2, 0.25) is 0 Å². The standard InChI is InChI=1S/C17H25NO.ClH/c19-17-8-6-7-14-9-10-15(13-16(14)17)18-11-4-2-1-3-5-12-18;/h6-8,15,19H,1-5,9-13H2;1H. The second-order valence-electron chi connectivity index (χ2n) is 6.12. The maximum absolute atomic E-state index is 10.1. The van der Waals surface area contributed by atoms with Crippen LogP contribution in [-0.4, -0.2) is 29.1 Å². The number of rotatable bonds is 1. The molecule has 3 rings (SSSR count). The van der Waals surface area contributed by atoms with Gasteiger partial charge in [-0.15, -0.1) is 12.4 Å². The molecule has 0 spiro atoms.